The van der Waals surface area contributed by atoms with Gasteiger partial charge >= 0.3 is 6.03 Å². The summed E-state index contributed by atoms with van der Waals surface area (Å²) in [7, 11) is 0. The van der Waals surface area contributed by atoms with E-state index in [4.69, 9.17) is 0 Å². The molecule has 2 aliphatic heterocycles. The smallest absolute Gasteiger partial charge is 0.321 e. The monoisotopic (exact) mass is 371 g/mol. The van der Waals surface area contributed by atoms with Crippen LogP contribution in [0.5, 0.6) is 0 Å². The van der Waals surface area contributed by atoms with Crippen molar-refractivity contribution in [3.63, 3.8) is 0 Å². The van der Waals surface area contributed by atoms with E-state index in [-0.39, 0.29) is 24.2 Å². The highest BCUT2D eigenvalue weighted by molar-refractivity contribution is 7.10. The molecule has 4 N–H and O–H groups in total. The number of carbonyl (C=O) groups is 2. The molecular formula is C18H21N5O2S. The third-order valence-electron chi connectivity index (χ3n) is 4.71. The number of carbonyl (C=O) groups excluding carboxylic acids is 2. The summed E-state index contributed by atoms with van der Waals surface area (Å²) in [5.41, 5.74) is 0.583. The number of rotatable bonds is 4. The Hall–Kier alpha value is -2.26. The number of hydrogen-bond acceptors (Lipinski definition) is 6. The van der Waals surface area contributed by atoms with Crippen molar-refractivity contribution in [3.8, 4) is 0 Å². The fourth-order valence-electron chi connectivity index (χ4n) is 3.35. The van der Waals surface area contributed by atoms with Crippen LogP contribution in [0.4, 0.5) is 10.5 Å². The van der Waals surface area contributed by atoms with E-state index in [0.29, 0.717) is 12.2 Å². The first kappa shape index (κ1) is 17.2. The van der Waals surface area contributed by atoms with E-state index in [9.17, 15) is 9.59 Å². The van der Waals surface area contributed by atoms with Gasteiger partial charge in [-0.25, -0.2) is 9.69 Å². The second kappa shape index (κ2) is 7.16. The maximum absolute atomic E-state index is 12.9. The highest BCUT2D eigenvalue weighted by Gasteiger charge is 2.44. The molecule has 1 aromatic carbocycles. The number of fused-ring (bicyclic) bond motifs is 1. The molecule has 2 aromatic rings. The molecule has 3 heterocycles. The number of nitrogens with zero attached hydrogens (tertiary/aromatic N) is 1. The Kier molecular flexibility index (Phi) is 4.73. The van der Waals surface area contributed by atoms with Crippen molar-refractivity contribution in [2.75, 3.05) is 11.4 Å². The first-order chi connectivity index (χ1) is 12.6. The quantitative estimate of drug-likeness (QED) is 0.656. The van der Waals surface area contributed by atoms with Gasteiger partial charge in [0.15, 0.2) is 0 Å². The van der Waals surface area contributed by atoms with E-state index in [2.05, 4.69) is 34.3 Å². The Bertz CT molecular complexity index is 782. The van der Waals surface area contributed by atoms with Crippen molar-refractivity contribution >= 4 is 29.0 Å². The molecule has 0 radical (unpaired) electrons. The topological polar surface area (TPSA) is 85.5 Å². The van der Waals surface area contributed by atoms with E-state index >= 15 is 0 Å². The van der Waals surface area contributed by atoms with Gasteiger partial charge in [0.2, 0.25) is 5.91 Å². The molecule has 4 atom stereocenters. The first-order valence-corrected chi connectivity index (χ1v) is 9.50. The van der Waals surface area contributed by atoms with Crippen LogP contribution >= 0.6 is 11.3 Å². The third-order valence-corrected chi connectivity index (χ3v) is 5.77. The fraction of sp³-hybridized carbons (Fsp3) is 0.333. The van der Waals surface area contributed by atoms with Crippen LogP contribution in [-0.4, -0.2) is 30.9 Å². The number of benzene rings is 1. The number of nitrogens with one attached hydrogen (secondary N) is 4. The fourth-order valence-corrected chi connectivity index (χ4v) is 4.09. The normalized spacial score (nSPS) is 27.0. The Morgan fingerprint density at radius 3 is 2.73 bits per heavy atom. The molecule has 0 saturated carbocycles. The van der Waals surface area contributed by atoms with Crippen molar-refractivity contribution < 1.29 is 9.59 Å². The molecule has 7 nitrogen and oxygen atoms in total. The van der Waals surface area contributed by atoms with E-state index in [1.165, 1.54) is 9.78 Å². The molecule has 0 aliphatic carbocycles. The SMILES string of the molecule is CC(NC1NCC2C(=O)N(c3ccccc3)C(=O)NC2N1)c1cccs1. The lowest BCUT2D eigenvalue weighted by Gasteiger charge is -2.44. The number of thiophene rings is 1. The second-order valence-electron chi connectivity index (χ2n) is 6.45. The van der Waals surface area contributed by atoms with Gasteiger partial charge in [-0.1, -0.05) is 24.3 Å². The van der Waals surface area contributed by atoms with Gasteiger partial charge in [-0.15, -0.1) is 11.3 Å². The van der Waals surface area contributed by atoms with Crippen LogP contribution in [0.1, 0.15) is 17.8 Å². The van der Waals surface area contributed by atoms with Crippen molar-refractivity contribution in [1.29, 1.82) is 0 Å². The molecule has 2 fully saturated rings. The Morgan fingerprint density at radius 1 is 1.19 bits per heavy atom. The van der Waals surface area contributed by atoms with Gasteiger partial charge in [-0.05, 0) is 30.5 Å². The molecule has 2 aliphatic rings. The lowest BCUT2D eigenvalue weighted by molar-refractivity contribution is -0.124. The molecule has 1 aromatic heterocycles. The molecule has 8 heteroatoms. The predicted molar refractivity (Wildman–Crippen MR) is 101 cm³/mol. The van der Waals surface area contributed by atoms with E-state index in [1.54, 1.807) is 23.5 Å². The first-order valence-electron chi connectivity index (χ1n) is 8.62. The molecule has 0 spiro atoms. The zero-order valence-corrected chi connectivity index (χ0v) is 15.1. The molecule has 136 valence electrons. The zero-order valence-electron chi connectivity index (χ0n) is 14.3. The Labute approximate surface area is 155 Å². The molecule has 26 heavy (non-hydrogen) atoms. The highest BCUT2D eigenvalue weighted by Crippen LogP contribution is 2.24. The minimum Gasteiger partial charge on any atom is -0.321 e. The van der Waals surface area contributed by atoms with Crippen LogP contribution in [0.25, 0.3) is 0 Å². The van der Waals surface area contributed by atoms with Crippen LogP contribution in [0.2, 0.25) is 0 Å². The summed E-state index contributed by atoms with van der Waals surface area (Å²) in [6.45, 7) is 2.57. The Balaban J connectivity index is 1.44. The van der Waals surface area contributed by atoms with Gasteiger partial charge in [-0.3, -0.25) is 20.7 Å². The van der Waals surface area contributed by atoms with Gasteiger partial charge in [0.25, 0.3) is 0 Å². The zero-order chi connectivity index (χ0) is 18.1. The summed E-state index contributed by atoms with van der Waals surface area (Å²) >= 11 is 1.69. The van der Waals surface area contributed by atoms with Crippen LogP contribution in [-0.2, 0) is 4.79 Å². The Morgan fingerprint density at radius 2 is 2.00 bits per heavy atom. The van der Waals surface area contributed by atoms with Crippen LogP contribution in [0.3, 0.4) is 0 Å². The van der Waals surface area contributed by atoms with Crippen molar-refractivity contribution in [1.82, 2.24) is 21.3 Å². The standard InChI is InChI=1S/C18H21N5O2S/c1-11(14-8-5-9-26-14)20-17-19-10-13-15(21-17)22-18(25)23(16(13)24)12-6-3-2-4-7-12/h2-9,11,13,15,17,19-21H,10H2,1H3,(H,22,25). The molecule has 4 rings (SSSR count). The highest BCUT2D eigenvalue weighted by atomic mass is 32.1. The van der Waals surface area contributed by atoms with Crippen molar-refractivity contribution in [3.05, 3.63) is 52.7 Å². The number of urea groups is 1. The van der Waals surface area contributed by atoms with Crippen LogP contribution in [0, 0.1) is 5.92 Å². The second-order valence-corrected chi connectivity index (χ2v) is 7.43. The van der Waals surface area contributed by atoms with E-state index in [1.807, 2.05) is 29.6 Å². The van der Waals surface area contributed by atoms with E-state index in [0.717, 1.165) is 0 Å². The number of imide groups is 1. The van der Waals surface area contributed by atoms with Crippen molar-refractivity contribution in [2.45, 2.75) is 25.4 Å². The molecule has 3 amide bonds. The number of para-hydroxylation sites is 1. The van der Waals surface area contributed by atoms with Crippen molar-refractivity contribution in [2.24, 2.45) is 5.92 Å². The summed E-state index contributed by atoms with van der Waals surface area (Å²) < 4.78 is 0. The van der Waals surface area contributed by atoms with E-state index < -0.39 is 12.2 Å². The maximum atomic E-state index is 12.9. The van der Waals surface area contributed by atoms with Crippen LogP contribution < -0.4 is 26.2 Å². The summed E-state index contributed by atoms with van der Waals surface area (Å²) in [6.07, 6.45) is -0.589. The van der Waals surface area contributed by atoms with Crippen LogP contribution in [0.15, 0.2) is 47.8 Å². The van der Waals surface area contributed by atoms with Gasteiger partial charge < -0.3 is 5.32 Å². The molecule has 0 bridgehead atoms. The van der Waals surface area contributed by atoms with Gasteiger partial charge in [0, 0.05) is 17.5 Å². The lowest BCUT2D eigenvalue weighted by atomic mass is 9.99. The molecule has 4 unspecified atom stereocenters. The van der Waals surface area contributed by atoms with Gasteiger partial charge in [-0.2, -0.15) is 0 Å². The molecular weight excluding hydrogens is 350 g/mol. The number of anilines is 1. The number of hydrogen-bond donors (Lipinski definition) is 4. The largest absolute Gasteiger partial charge is 0.330 e. The summed E-state index contributed by atoms with van der Waals surface area (Å²) in [5.74, 6) is -0.558. The lowest BCUT2D eigenvalue weighted by Crippen LogP contribution is -2.74. The minimum absolute atomic E-state index is 0.160. The average Bonchev–Trinajstić information content (AvgIpc) is 3.17. The average molecular weight is 371 g/mol. The predicted octanol–water partition coefficient (Wildman–Crippen LogP) is 1.57. The molecule has 2 saturated heterocycles. The summed E-state index contributed by atoms with van der Waals surface area (Å²) in [5, 5.41) is 15.0. The van der Waals surface area contributed by atoms with Gasteiger partial charge in [0.05, 0.1) is 17.8 Å². The maximum Gasteiger partial charge on any atom is 0.330 e. The summed E-state index contributed by atoms with van der Waals surface area (Å²) in [6, 6.07) is 12.9. The number of amides is 3. The minimum atomic E-state index is -0.401. The third kappa shape index (κ3) is 3.24. The van der Waals surface area contributed by atoms with Gasteiger partial charge in [0.1, 0.15) is 6.29 Å². The summed E-state index contributed by atoms with van der Waals surface area (Å²) in [4.78, 5) is 27.8.